The lowest BCUT2D eigenvalue weighted by atomic mass is 9.95. The van der Waals surface area contributed by atoms with E-state index in [9.17, 15) is 0 Å². The van der Waals surface area contributed by atoms with Gasteiger partial charge in [-0.3, -0.25) is 0 Å². The van der Waals surface area contributed by atoms with Crippen molar-refractivity contribution >= 4 is 28.2 Å². The zero-order valence-electron chi connectivity index (χ0n) is 13.5. The van der Waals surface area contributed by atoms with Crippen molar-refractivity contribution in [1.82, 2.24) is 0 Å². The minimum absolute atomic E-state index is 0.222. The third-order valence-electron chi connectivity index (χ3n) is 4.51. The van der Waals surface area contributed by atoms with Gasteiger partial charge in [-0.2, -0.15) is 0 Å². The molecule has 4 rings (SSSR count). The molecule has 0 radical (unpaired) electrons. The van der Waals surface area contributed by atoms with Crippen molar-refractivity contribution in [2.24, 2.45) is 0 Å². The smallest absolute Gasteiger partial charge is 0.0701 e. The number of anilines is 2. The Balaban J connectivity index is 1.69. The van der Waals surface area contributed by atoms with E-state index in [1.807, 2.05) is 0 Å². The van der Waals surface area contributed by atoms with Gasteiger partial charge < -0.3 is 10.2 Å². The molecule has 0 unspecified atom stereocenters. The van der Waals surface area contributed by atoms with Crippen LogP contribution < -0.4 is 10.2 Å². The Morgan fingerprint density at radius 1 is 0.870 bits per heavy atom. The summed E-state index contributed by atoms with van der Waals surface area (Å²) in [4.78, 5) is 2.12. The summed E-state index contributed by atoms with van der Waals surface area (Å²) in [5, 5.41) is 6.24. The molecule has 1 heterocycles. The minimum atomic E-state index is 0.222. The predicted octanol–water partition coefficient (Wildman–Crippen LogP) is 5.09. The molecule has 0 aromatic heterocycles. The zero-order chi connectivity index (χ0) is 15.8. The van der Waals surface area contributed by atoms with Crippen LogP contribution in [0, 0.1) is 0 Å². The van der Waals surface area contributed by atoms with Crippen molar-refractivity contribution in [3.8, 4) is 0 Å². The Morgan fingerprint density at radius 3 is 2.43 bits per heavy atom. The molecule has 2 nitrogen and oxygen atoms in total. The van der Waals surface area contributed by atoms with Crippen LogP contribution in [0.3, 0.4) is 0 Å². The van der Waals surface area contributed by atoms with Crippen LogP contribution in [0.5, 0.6) is 0 Å². The summed E-state index contributed by atoms with van der Waals surface area (Å²) in [5.74, 6) is 0. The van der Waals surface area contributed by atoms with Gasteiger partial charge >= 0.3 is 0 Å². The van der Waals surface area contributed by atoms with Gasteiger partial charge in [0.05, 0.1) is 6.04 Å². The first-order chi connectivity index (χ1) is 11.2. The van der Waals surface area contributed by atoms with Crippen molar-refractivity contribution in [3.63, 3.8) is 0 Å². The van der Waals surface area contributed by atoms with Crippen LogP contribution in [0.4, 0.5) is 11.4 Å². The maximum Gasteiger partial charge on any atom is 0.0701 e. The van der Waals surface area contributed by atoms with Gasteiger partial charge in [-0.1, -0.05) is 54.6 Å². The van der Waals surface area contributed by atoms with Crippen LogP contribution in [0.25, 0.3) is 16.8 Å². The van der Waals surface area contributed by atoms with Gasteiger partial charge in [0.25, 0.3) is 0 Å². The molecule has 0 saturated heterocycles. The number of benzene rings is 3. The minimum Gasteiger partial charge on any atom is -0.378 e. The second kappa shape index (κ2) is 5.47. The molecule has 114 valence electrons. The fraction of sp³-hybridized carbons (Fsp3) is 0.143. The van der Waals surface area contributed by atoms with E-state index < -0.39 is 0 Å². The van der Waals surface area contributed by atoms with E-state index in [0.29, 0.717) is 0 Å². The Hall–Kier alpha value is -2.74. The highest BCUT2D eigenvalue weighted by molar-refractivity contribution is 5.96. The molecule has 3 aromatic carbocycles. The van der Waals surface area contributed by atoms with Gasteiger partial charge in [0.1, 0.15) is 0 Å². The largest absolute Gasteiger partial charge is 0.378 e. The molecule has 23 heavy (non-hydrogen) atoms. The van der Waals surface area contributed by atoms with Crippen LogP contribution in [-0.4, -0.2) is 14.1 Å². The summed E-state index contributed by atoms with van der Waals surface area (Å²) in [6.45, 7) is 0. The van der Waals surface area contributed by atoms with Crippen molar-refractivity contribution in [2.45, 2.75) is 6.04 Å². The van der Waals surface area contributed by atoms with Crippen LogP contribution in [0.1, 0.15) is 17.2 Å². The molecule has 2 heteroatoms. The normalized spacial score (nSPS) is 16.0. The number of nitrogens with zero attached hydrogens (tertiary/aromatic N) is 1. The average Bonchev–Trinajstić information content (AvgIpc) is 2.61. The molecule has 1 atom stereocenters. The van der Waals surface area contributed by atoms with Crippen LogP contribution >= 0.6 is 0 Å². The third-order valence-corrected chi connectivity index (χ3v) is 4.51. The van der Waals surface area contributed by atoms with E-state index in [-0.39, 0.29) is 6.04 Å². The maximum absolute atomic E-state index is 3.65. The molecule has 0 amide bonds. The summed E-state index contributed by atoms with van der Waals surface area (Å²) < 4.78 is 0. The molecule has 0 bridgehead atoms. The highest BCUT2D eigenvalue weighted by Crippen LogP contribution is 2.35. The molecule has 0 saturated carbocycles. The van der Waals surface area contributed by atoms with Gasteiger partial charge in [0, 0.05) is 31.0 Å². The van der Waals surface area contributed by atoms with Gasteiger partial charge in [-0.15, -0.1) is 0 Å². The molecule has 0 aliphatic carbocycles. The highest BCUT2D eigenvalue weighted by atomic mass is 15.1. The maximum atomic E-state index is 3.65. The van der Waals surface area contributed by atoms with E-state index in [1.54, 1.807) is 0 Å². The van der Waals surface area contributed by atoms with Crippen molar-refractivity contribution < 1.29 is 0 Å². The Labute approximate surface area is 137 Å². The first kappa shape index (κ1) is 13.9. The second-order valence-corrected chi connectivity index (χ2v) is 6.22. The van der Waals surface area contributed by atoms with E-state index >= 15 is 0 Å². The lowest BCUT2D eigenvalue weighted by Gasteiger charge is -2.24. The SMILES string of the molecule is CN(C)c1ccc([C@H]2C=Cc3c(ccc4ccccc34)N2)cc1. The van der Waals surface area contributed by atoms with E-state index in [1.165, 1.54) is 33.3 Å². The highest BCUT2D eigenvalue weighted by Gasteiger charge is 2.16. The van der Waals surface area contributed by atoms with E-state index in [0.717, 1.165) is 0 Å². The summed E-state index contributed by atoms with van der Waals surface area (Å²) in [5.41, 5.74) is 4.99. The quantitative estimate of drug-likeness (QED) is 0.709. The number of rotatable bonds is 2. The average molecular weight is 300 g/mol. The van der Waals surface area contributed by atoms with Gasteiger partial charge in [0.15, 0.2) is 0 Å². The fourth-order valence-corrected chi connectivity index (χ4v) is 3.18. The van der Waals surface area contributed by atoms with E-state index in [2.05, 4.69) is 97.1 Å². The zero-order valence-corrected chi connectivity index (χ0v) is 13.5. The Morgan fingerprint density at radius 2 is 1.65 bits per heavy atom. The predicted molar refractivity (Wildman–Crippen MR) is 100 cm³/mol. The van der Waals surface area contributed by atoms with Crippen molar-refractivity contribution in [1.29, 1.82) is 0 Å². The molecular formula is C21H20N2. The lowest BCUT2D eigenvalue weighted by molar-refractivity contribution is 0.978. The van der Waals surface area contributed by atoms with Crippen molar-refractivity contribution in [3.05, 3.63) is 77.9 Å². The summed E-state index contributed by atoms with van der Waals surface area (Å²) in [6, 6.07) is 21.9. The molecule has 3 aromatic rings. The number of hydrogen-bond donors (Lipinski definition) is 1. The third kappa shape index (κ3) is 2.46. The monoisotopic (exact) mass is 300 g/mol. The van der Waals surface area contributed by atoms with Crippen LogP contribution in [-0.2, 0) is 0 Å². The second-order valence-electron chi connectivity index (χ2n) is 6.22. The molecule has 0 spiro atoms. The van der Waals surface area contributed by atoms with E-state index in [4.69, 9.17) is 0 Å². The Bertz CT molecular complexity index is 876. The molecule has 1 aliphatic heterocycles. The van der Waals surface area contributed by atoms with Crippen molar-refractivity contribution in [2.75, 3.05) is 24.3 Å². The molecular weight excluding hydrogens is 280 g/mol. The molecule has 1 aliphatic rings. The van der Waals surface area contributed by atoms with Gasteiger partial charge in [-0.05, 0) is 34.5 Å². The van der Waals surface area contributed by atoms with Crippen LogP contribution in [0.15, 0.2) is 66.7 Å². The summed E-state index contributed by atoms with van der Waals surface area (Å²) in [7, 11) is 4.13. The molecule has 0 fully saturated rings. The number of nitrogens with one attached hydrogen (secondary N) is 1. The topological polar surface area (TPSA) is 15.3 Å². The lowest BCUT2D eigenvalue weighted by Crippen LogP contribution is -2.13. The summed E-state index contributed by atoms with van der Waals surface area (Å²) in [6.07, 6.45) is 4.50. The first-order valence-electron chi connectivity index (χ1n) is 7.96. The first-order valence-corrected chi connectivity index (χ1v) is 7.96. The number of hydrogen-bond acceptors (Lipinski definition) is 2. The fourth-order valence-electron chi connectivity index (χ4n) is 3.18. The Kier molecular flexibility index (Phi) is 3.30. The van der Waals surface area contributed by atoms with Gasteiger partial charge in [0.2, 0.25) is 0 Å². The molecule has 1 N–H and O–H groups in total. The van der Waals surface area contributed by atoms with Gasteiger partial charge in [-0.25, -0.2) is 0 Å². The standard InChI is InChI=1S/C21H20N2/c1-23(2)17-10-7-16(8-11-17)20-14-12-19-18-6-4-3-5-15(18)9-13-21(19)22-20/h3-14,20,22H,1-2H3/t20-/m1/s1. The van der Waals surface area contributed by atoms with Crippen LogP contribution in [0.2, 0.25) is 0 Å². The summed E-state index contributed by atoms with van der Waals surface area (Å²) >= 11 is 0. The number of fused-ring (bicyclic) bond motifs is 3.